The largest absolute Gasteiger partial charge is 0.350 e. The van der Waals surface area contributed by atoms with E-state index in [4.69, 9.17) is 0 Å². The molecule has 0 bridgehead atoms. The summed E-state index contributed by atoms with van der Waals surface area (Å²) in [6, 6.07) is 12.2. The number of benzene rings is 1. The lowest BCUT2D eigenvalue weighted by molar-refractivity contribution is -0.894. The Bertz CT molecular complexity index is 918. The van der Waals surface area contributed by atoms with Gasteiger partial charge in [-0.3, -0.25) is 24.2 Å². The highest BCUT2D eigenvalue weighted by Crippen LogP contribution is 2.22. The molecule has 1 aromatic carbocycles. The minimum atomic E-state index is -0.285. The molecule has 8 heteroatoms. The Kier molecular flexibility index (Phi) is 5.16. The Balaban J connectivity index is 1.26. The van der Waals surface area contributed by atoms with Crippen LogP contribution < -0.4 is 9.63 Å². The molecule has 1 aromatic heterocycles. The SMILES string of the molecule is O=C(CCCN1C(=O)c2ccccc2C1=O)N1CCN(c2cccc[n+]2O)CC1. The number of imide groups is 1. The van der Waals surface area contributed by atoms with E-state index in [1.165, 1.54) is 4.90 Å². The number of amides is 3. The topological polar surface area (TPSA) is 85.0 Å². The Labute approximate surface area is 168 Å². The normalized spacial score (nSPS) is 16.3. The Hall–Kier alpha value is -3.42. The third-order valence-electron chi connectivity index (χ3n) is 5.43. The lowest BCUT2D eigenvalue weighted by Crippen LogP contribution is -2.52. The molecule has 29 heavy (non-hydrogen) atoms. The van der Waals surface area contributed by atoms with Crippen LogP contribution in [0.4, 0.5) is 5.82 Å². The number of hydrogen-bond acceptors (Lipinski definition) is 5. The van der Waals surface area contributed by atoms with E-state index in [0.717, 1.165) is 4.73 Å². The molecule has 4 rings (SSSR count). The highest BCUT2D eigenvalue weighted by atomic mass is 16.5. The number of carbonyl (C=O) groups is 3. The minimum Gasteiger partial charge on any atom is -0.350 e. The second-order valence-corrected chi connectivity index (χ2v) is 7.18. The van der Waals surface area contributed by atoms with Crippen molar-refractivity contribution >= 4 is 23.5 Å². The van der Waals surface area contributed by atoms with E-state index in [1.54, 1.807) is 41.4 Å². The number of aromatic nitrogens is 1. The van der Waals surface area contributed by atoms with Crippen molar-refractivity contribution in [1.29, 1.82) is 0 Å². The number of fused-ring (bicyclic) bond motifs is 1. The van der Waals surface area contributed by atoms with Crippen molar-refractivity contribution in [3.05, 3.63) is 59.8 Å². The van der Waals surface area contributed by atoms with Crippen LogP contribution in [-0.2, 0) is 4.79 Å². The summed E-state index contributed by atoms with van der Waals surface area (Å²) < 4.78 is 1.08. The van der Waals surface area contributed by atoms with Crippen LogP contribution in [0.25, 0.3) is 0 Å². The maximum absolute atomic E-state index is 12.5. The van der Waals surface area contributed by atoms with Crippen LogP contribution in [0.3, 0.4) is 0 Å². The Morgan fingerprint density at radius 1 is 0.931 bits per heavy atom. The van der Waals surface area contributed by atoms with Gasteiger partial charge in [0.15, 0.2) is 0 Å². The maximum Gasteiger partial charge on any atom is 0.316 e. The van der Waals surface area contributed by atoms with E-state index in [2.05, 4.69) is 0 Å². The van der Waals surface area contributed by atoms with E-state index in [1.807, 2.05) is 17.0 Å². The van der Waals surface area contributed by atoms with Crippen molar-refractivity contribution in [2.75, 3.05) is 37.6 Å². The average Bonchev–Trinajstić information content (AvgIpc) is 2.99. The monoisotopic (exact) mass is 395 g/mol. The summed E-state index contributed by atoms with van der Waals surface area (Å²) in [5, 5.41) is 9.90. The van der Waals surface area contributed by atoms with Crippen LogP contribution in [0.2, 0.25) is 0 Å². The molecule has 0 atom stereocenters. The van der Waals surface area contributed by atoms with E-state index in [-0.39, 0.29) is 24.3 Å². The van der Waals surface area contributed by atoms with Gasteiger partial charge in [0.05, 0.1) is 24.2 Å². The Morgan fingerprint density at radius 3 is 2.17 bits per heavy atom. The molecule has 1 fully saturated rings. The molecule has 2 aliphatic heterocycles. The molecular weight excluding hydrogens is 372 g/mol. The van der Waals surface area contributed by atoms with Crippen molar-refractivity contribution in [1.82, 2.24) is 9.80 Å². The fourth-order valence-corrected chi connectivity index (χ4v) is 3.85. The molecule has 0 spiro atoms. The first-order chi connectivity index (χ1) is 14.1. The molecule has 2 aromatic rings. The van der Waals surface area contributed by atoms with Crippen molar-refractivity contribution in [3.63, 3.8) is 0 Å². The molecule has 3 amide bonds. The fourth-order valence-electron chi connectivity index (χ4n) is 3.85. The summed E-state index contributed by atoms with van der Waals surface area (Å²) in [6.45, 7) is 2.65. The van der Waals surface area contributed by atoms with Crippen LogP contribution in [0.1, 0.15) is 33.6 Å². The van der Waals surface area contributed by atoms with Crippen molar-refractivity contribution < 1.29 is 24.3 Å². The lowest BCUT2D eigenvalue weighted by Gasteiger charge is -2.31. The molecule has 2 aliphatic rings. The molecule has 1 N–H and O–H groups in total. The van der Waals surface area contributed by atoms with Crippen molar-refractivity contribution in [2.24, 2.45) is 0 Å². The van der Waals surface area contributed by atoms with Crippen LogP contribution in [-0.4, -0.2) is 65.5 Å². The predicted molar refractivity (Wildman–Crippen MR) is 104 cm³/mol. The van der Waals surface area contributed by atoms with E-state index in [9.17, 15) is 19.6 Å². The first kappa shape index (κ1) is 18.9. The number of rotatable bonds is 5. The summed E-state index contributed by atoms with van der Waals surface area (Å²) >= 11 is 0. The molecule has 0 unspecified atom stereocenters. The van der Waals surface area contributed by atoms with Gasteiger partial charge in [-0.15, -0.1) is 0 Å². The highest BCUT2D eigenvalue weighted by molar-refractivity contribution is 6.21. The fraction of sp³-hybridized carbons (Fsp3) is 0.333. The van der Waals surface area contributed by atoms with Gasteiger partial charge in [0.25, 0.3) is 11.8 Å². The van der Waals surface area contributed by atoms with Crippen LogP contribution in [0.15, 0.2) is 48.7 Å². The van der Waals surface area contributed by atoms with Gasteiger partial charge in [0, 0.05) is 19.0 Å². The van der Waals surface area contributed by atoms with E-state index in [0.29, 0.717) is 56.0 Å². The number of anilines is 1. The smallest absolute Gasteiger partial charge is 0.316 e. The van der Waals surface area contributed by atoms with Gasteiger partial charge in [-0.25, -0.2) is 0 Å². The van der Waals surface area contributed by atoms with Gasteiger partial charge in [-0.05, 0) is 24.6 Å². The maximum atomic E-state index is 12.5. The van der Waals surface area contributed by atoms with Crippen LogP contribution >= 0.6 is 0 Å². The molecule has 150 valence electrons. The summed E-state index contributed by atoms with van der Waals surface area (Å²) in [5.41, 5.74) is 0.865. The zero-order valence-corrected chi connectivity index (χ0v) is 16.0. The first-order valence-corrected chi connectivity index (χ1v) is 9.74. The standard InChI is InChI=1S/C21H23N4O4/c26-19(23-14-12-22(13-15-23)18-8-3-4-11-25(18)29)9-5-10-24-20(27)16-6-1-2-7-17(16)21(24)28/h1-4,6-8,11,29H,5,9-10,12-15H2/q+1. The summed E-state index contributed by atoms with van der Waals surface area (Å²) in [5.74, 6) is 0.148. The number of piperazine rings is 1. The van der Waals surface area contributed by atoms with E-state index >= 15 is 0 Å². The van der Waals surface area contributed by atoms with Crippen molar-refractivity contribution in [3.8, 4) is 0 Å². The van der Waals surface area contributed by atoms with E-state index < -0.39 is 0 Å². The summed E-state index contributed by atoms with van der Waals surface area (Å²) in [7, 11) is 0. The van der Waals surface area contributed by atoms with Crippen LogP contribution in [0, 0.1) is 0 Å². The van der Waals surface area contributed by atoms with Gasteiger partial charge in [-0.1, -0.05) is 22.9 Å². The predicted octanol–water partition coefficient (Wildman–Crippen LogP) is 0.936. The van der Waals surface area contributed by atoms with Crippen LogP contribution in [0.5, 0.6) is 0 Å². The number of pyridine rings is 1. The quantitative estimate of drug-likeness (QED) is 0.463. The number of hydrogen-bond donors (Lipinski definition) is 1. The minimum absolute atomic E-state index is 0.0196. The second kappa shape index (κ2) is 7.90. The van der Waals surface area contributed by atoms with Gasteiger partial charge in [-0.2, -0.15) is 0 Å². The third-order valence-corrected chi connectivity index (χ3v) is 5.43. The second-order valence-electron chi connectivity index (χ2n) is 7.18. The molecule has 0 radical (unpaired) electrons. The summed E-state index contributed by atoms with van der Waals surface area (Å²) in [6.07, 6.45) is 2.31. The van der Waals surface area contributed by atoms with Gasteiger partial charge in [0.1, 0.15) is 19.3 Å². The number of carbonyl (C=O) groups excluding carboxylic acids is 3. The summed E-state index contributed by atoms with van der Waals surface area (Å²) in [4.78, 5) is 42.3. The van der Waals surface area contributed by atoms with Gasteiger partial charge < -0.3 is 10.1 Å². The van der Waals surface area contributed by atoms with Gasteiger partial charge in [0.2, 0.25) is 5.91 Å². The highest BCUT2D eigenvalue weighted by Gasteiger charge is 2.35. The van der Waals surface area contributed by atoms with Crippen molar-refractivity contribution in [2.45, 2.75) is 12.8 Å². The number of nitrogens with zero attached hydrogens (tertiary/aromatic N) is 4. The zero-order valence-electron chi connectivity index (χ0n) is 16.0. The molecule has 1 saturated heterocycles. The zero-order chi connectivity index (χ0) is 20.4. The average molecular weight is 395 g/mol. The Morgan fingerprint density at radius 2 is 1.55 bits per heavy atom. The molecular formula is C21H23N4O4+. The molecule has 0 saturated carbocycles. The third kappa shape index (κ3) is 3.65. The lowest BCUT2D eigenvalue weighted by atomic mass is 10.1. The molecule has 3 heterocycles. The molecule has 8 nitrogen and oxygen atoms in total. The molecule has 0 aliphatic carbocycles. The van der Waals surface area contributed by atoms with Gasteiger partial charge >= 0.3 is 5.82 Å². The first-order valence-electron chi connectivity index (χ1n) is 9.74.